The van der Waals surface area contributed by atoms with Crippen molar-refractivity contribution in [1.82, 2.24) is 5.43 Å². The molecule has 0 bridgehead atoms. The van der Waals surface area contributed by atoms with Gasteiger partial charge in [0.15, 0.2) is 6.61 Å². The summed E-state index contributed by atoms with van der Waals surface area (Å²) < 4.78 is 5.43. The first-order valence-electron chi connectivity index (χ1n) is 6.49. The van der Waals surface area contributed by atoms with Crippen molar-refractivity contribution in [2.75, 3.05) is 6.61 Å². The van der Waals surface area contributed by atoms with E-state index >= 15 is 0 Å². The van der Waals surface area contributed by atoms with Crippen molar-refractivity contribution in [1.29, 1.82) is 0 Å². The molecule has 1 rings (SSSR count). The van der Waals surface area contributed by atoms with Crippen molar-refractivity contribution >= 4 is 11.6 Å². The van der Waals surface area contributed by atoms with Crippen molar-refractivity contribution in [3.05, 3.63) is 29.8 Å². The number of benzene rings is 1. The molecular formula is C15H22N2O2. The molecule has 0 aliphatic heterocycles. The Hall–Kier alpha value is -1.84. The molecule has 104 valence electrons. The monoisotopic (exact) mass is 262 g/mol. The number of nitrogens with one attached hydrogen (secondary N) is 1. The number of hydrogen-bond donors (Lipinski definition) is 1. The third-order valence-electron chi connectivity index (χ3n) is 2.53. The van der Waals surface area contributed by atoms with Gasteiger partial charge in [-0.2, -0.15) is 5.10 Å². The Kier molecular flexibility index (Phi) is 6.06. The van der Waals surface area contributed by atoms with Gasteiger partial charge in [-0.1, -0.05) is 32.0 Å². The molecule has 0 spiro atoms. The van der Waals surface area contributed by atoms with Crippen molar-refractivity contribution in [2.45, 2.75) is 34.1 Å². The summed E-state index contributed by atoms with van der Waals surface area (Å²) in [5, 5.41) is 4.04. The second-order valence-corrected chi connectivity index (χ2v) is 5.03. The van der Waals surface area contributed by atoms with Crippen LogP contribution in [0, 0.1) is 12.8 Å². The topological polar surface area (TPSA) is 50.7 Å². The van der Waals surface area contributed by atoms with Crippen LogP contribution >= 0.6 is 0 Å². The lowest BCUT2D eigenvalue weighted by Gasteiger charge is -2.08. The van der Waals surface area contributed by atoms with Gasteiger partial charge >= 0.3 is 0 Å². The van der Waals surface area contributed by atoms with Crippen LogP contribution in [0.2, 0.25) is 0 Å². The van der Waals surface area contributed by atoms with E-state index in [4.69, 9.17) is 4.74 Å². The summed E-state index contributed by atoms with van der Waals surface area (Å²) in [6.07, 6.45) is 0.874. The SMILES string of the molecule is C/C(CC(C)C)=N\NC(=O)COc1ccccc1C. The van der Waals surface area contributed by atoms with Crippen LogP contribution in [0.15, 0.2) is 29.4 Å². The van der Waals surface area contributed by atoms with E-state index in [1.165, 1.54) is 0 Å². The van der Waals surface area contributed by atoms with Gasteiger partial charge in [0.05, 0.1) is 0 Å². The maximum atomic E-state index is 11.6. The lowest BCUT2D eigenvalue weighted by Crippen LogP contribution is -2.25. The number of nitrogens with zero attached hydrogens (tertiary/aromatic N) is 1. The standard InChI is InChI=1S/C15H22N2O2/c1-11(2)9-13(4)16-17-15(18)10-19-14-8-6-5-7-12(14)3/h5-8,11H,9-10H2,1-4H3,(H,17,18)/b16-13+. The fourth-order valence-electron chi connectivity index (χ4n) is 1.69. The zero-order valence-electron chi connectivity index (χ0n) is 12.1. The van der Waals surface area contributed by atoms with Gasteiger partial charge in [0.25, 0.3) is 5.91 Å². The number of ether oxygens (including phenoxy) is 1. The molecule has 19 heavy (non-hydrogen) atoms. The third-order valence-corrected chi connectivity index (χ3v) is 2.53. The van der Waals surface area contributed by atoms with Crippen LogP contribution in [0.4, 0.5) is 0 Å². The van der Waals surface area contributed by atoms with E-state index in [-0.39, 0.29) is 12.5 Å². The van der Waals surface area contributed by atoms with Crippen molar-refractivity contribution in [3.63, 3.8) is 0 Å². The number of para-hydroxylation sites is 1. The third kappa shape index (κ3) is 6.04. The molecule has 0 saturated heterocycles. The number of aryl methyl sites for hydroxylation is 1. The minimum atomic E-state index is -0.244. The lowest BCUT2D eigenvalue weighted by atomic mass is 10.1. The van der Waals surface area contributed by atoms with E-state index in [1.807, 2.05) is 38.1 Å². The number of hydrazone groups is 1. The Balaban J connectivity index is 2.38. The summed E-state index contributed by atoms with van der Waals surface area (Å²) in [5.74, 6) is 1.01. The quantitative estimate of drug-likeness (QED) is 0.633. The van der Waals surface area contributed by atoms with Gasteiger partial charge in [0, 0.05) is 5.71 Å². The fourth-order valence-corrected chi connectivity index (χ4v) is 1.69. The number of carbonyl (C=O) groups is 1. The molecule has 0 heterocycles. The second-order valence-electron chi connectivity index (χ2n) is 5.03. The first kappa shape index (κ1) is 15.2. The predicted molar refractivity (Wildman–Crippen MR) is 77.4 cm³/mol. The van der Waals surface area contributed by atoms with Crippen LogP contribution in [0.25, 0.3) is 0 Å². The van der Waals surface area contributed by atoms with E-state index in [2.05, 4.69) is 24.4 Å². The zero-order chi connectivity index (χ0) is 14.3. The maximum Gasteiger partial charge on any atom is 0.277 e. The van der Waals surface area contributed by atoms with E-state index in [1.54, 1.807) is 0 Å². The van der Waals surface area contributed by atoms with Crippen LogP contribution < -0.4 is 10.2 Å². The van der Waals surface area contributed by atoms with Gasteiger partial charge in [0.2, 0.25) is 0 Å². The van der Waals surface area contributed by atoms with Crippen molar-refractivity contribution in [3.8, 4) is 5.75 Å². The summed E-state index contributed by atoms with van der Waals surface area (Å²) in [6, 6.07) is 7.60. The van der Waals surface area contributed by atoms with Gasteiger partial charge < -0.3 is 4.74 Å². The molecule has 0 aliphatic rings. The molecule has 4 heteroatoms. The second kappa shape index (κ2) is 7.56. The Morgan fingerprint density at radius 1 is 1.37 bits per heavy atom. The van der Waals surface area contributed by atoms with E-state index in [0.29, 0.717) is 5.92 Å². The van der Waals surface area contributed by atoms with E-state index < -0.39 is 0 Å². The molecule has 0 fully saturated rings. The molecule has 0 unspecified atom stereocenters. The molecule has 0 atom stereocenters. The van der Waals surface area contributed by atoms with Gasteiger partial charge in [-0.15, -0.1) is 0 Å². The van der Waals surface area contributed by atoms with Gasteiger partial charge in [-0.05, 0) is 37.8 Å². The number of carbonyl (C=O) groups excluding carboxylic acids is 1. The first-order chi connectivity index (χ1) is 8.99. The Morgan fingerprint density at radius 2 is 2.05 bits per heavy atom. The summed E-state index contributed by atoms with van der Waals surface area (Å²) >= 11 is 0. The largest absolute Gasteiger partial charge is 0.483 e. The molecule has 0 aromatic heterocycles. The summed E-state index contributed by atoms with van der Waals surface area (Å²) in [4.78, 5) is 11.6. The van der Waals surface area contributed by atoms with Gasteiger partial charge in [-0.3, -0.25) is 4.79 Å². The average Bonchev–Trinajstić information content (AvgIpc) is 2.34. The number of hydrogen-bond acceptors (Lipinski definition) is 3. The molecule has 1 N–H and O–H groups in total. The molecular weight excluding hydrogens is 240 g/mol. The highest BCUT2D eigenvalue weighted by molar-refractivity contribution is 5.84. The highest BCUT2D eigenvalue weighted by Crippen LogP contribution is 2.15. The van der Waals surface area contributed by atoms with Crippen LogP contribution in [0.3, 0.4) is 0 Å². The first-order valence-corrected chi connectivity index (χ1v) is 6.49. The van der Waals surface area contributed by atoms with Crippen LogP contribution in [0.1, 0.15) is 32.8 Å². The molecule has 4 nitrogen and oxygen atoms in total. The lowest BCUT2D eigenvalue weighted by molar-refractivity contribution is -0.123. The van der Waals surface area contributed by atoms with Gasteiger partial charge in [0.1, 0.15) is 5.75 Å². The molecule has 1 amide bonds. The van der Waals surface area contributed by atoms with Crippen LogP contribution in [-0.2, 0) is 4.79 Å². The Bertz CT molecular complexity index is 453. The summed E-state index contributed by atoms with van der Waals surface area (Å²) in [5.41, 5.74) is 4.43. The minimum absolute atomic E-state index is 0.0245. The van der Waals surface area contributed by atoms with Crippen LogP contribution in [0.5, 0.6) is 5.75 Å². The number of amides is 1. The minimum Gasteiger partial charge on any atom is -0.483 e. The smallest absolute Gasteiger partial charge is 0.277 e. The normalized spacial score (nSPS) is 11.5. The summed E-state index contributed by atoms with van der Waals surface area (Å²) in [7, 11) is 0. The summed E-state index contributed by atoms with van der Waals surface area (Å²) in [6.45, 7) is 8.05. The molecule has 1 aromatic carbocycles. The molecule has 0 radical (unpaired) electrons. The fraction of sp³-hybridized carbons (Fsp3) is 0.467. The molecule has 1 aromatic rings. The van der Waals surface area contributed by atoms with E-state index in [0.717, 1.165) is 23.4 Å². The van der Waals surface area contributed by atoms with Crippen molar-refractivity contribution in [2.24, 2.45) is 11.0 Å². The highest BCUT2D eigenvalue weighted by atomic mass is 16.5. The van der Waals surface area contributed by atoms with Gasteiger partial charge in [-0.25, -0.2) is 5.43 Å². The Morgan fingerprint density at radius 3 is 2.68 bits per heavy atom. The predicted octanol–water partition coefficient (Wildman–Crippen LogP) is 2.91. The maximum absolute atomic E-state index is 11.6. The Labute approximate surface area is 114 Å². The van der Waals surface area contributed by atoms with Crippen LogP contribution in [-0.4, -0.2) is 18.2 Å². The average molecular weight is 262 g/mol. The van der Waals surface area contributed by atoms with Crippen molar-refractivity contribution < 1.29 is 9.53 Å². The van der Waals surface area contributed by atoms with E-state index in [9.17, 15) is 4.79 Å². The highest BCUT2D eigenvalue weighted by Gasteiger charge is 2.04. The number of rotatable bonds is 6. The zero-order valence-corrected chi connectivity index (χ0v) is 12.1. The molecule has 0 saturated carbocycles. The molecule has 0 aliphatic carbocycles.